The third-order valence-electron chi connectivity index (χ3n) is 8.21. The minimum Gasteiger partial charge on any atom is -0.496 e. The molecule has 7 rings (SSSR count). The minimum atomic E-state index is -0.890. The molecule has 3 nitrogen and oxygen atoms in total. The third kappa shape index (κ3) is 3.25. The Morgan fingerprint density at radius 3 is 2.28 bits per heavy atom. The van der Waals surface area contributed by atoms with Crippen molar-refractivity contribution in [1.29, 1.82) is 0 Å². The molecule has 4 aliphatic carbocycles. The van der Waals surface area contributed by atoms with Gasteiger partial charge < -0.3 is 9.84 Å². The summed E-state index contributed by atoms with van der Waals surface area (Å²) in [7, 11) is 1.80. The summed E-state index contributed by atoms with van der Waals surface area (Å²) >= 11 is 2.81. The lowest BCUT2D eigenvalue weighted by Gasteiger charge is -2.59. The number of carbonyl (C=O) groups is 1. The Bertz CT molecular complexity index is 1220. The topological polar surface area (TPSA) is 46.5 Å². The number of aromatic carboxylic acids is 1. The monoisotopic (exact) mass is 538 g/mol. The highest BCUT2D eigenvalue weighted by Crippen LogP contribution is 2.66. The quantitative estimate of drug-likeness (QED) is 0.280. The molecule has 3 aromatic rings. The molecule has 4 bridgehead atoms. The molecule has 0 amide bonds. The van der Waals surface area contributed by atoms with E-state index in [-0.39, 0.29) is 0 Å². The van der Waals surface area contributed by atoms with Crippen molar-refractivity contribution in [3.8, 4) is 16.9 Å². The molecule has 4 saturated carbocycles. The van der Waals surface area contributed by atoms with Crippen LogP contribution in [0.5, 0.6) is 5.75 Å². The summed E-state index contributed by atoms with van der Waals surface area (Å²) in [5.41, 5.74) is 4.07. The van der Waals surface area contributed by atoms with E-state index in [1.54, 1.807) is 19.2 Å². The van der Waals surface area contributed by atoms with Crippen molar-refractivity contribution in [3.63, 3.8) is 0 Å². The van der Waals surface area contributed by atoms with Crippen LogP contribution in [0.2, 0.25) is 0 Å². The Kier molecular flexibility index (Phi) is 4.79. The molecule has 1 N–H and O–H groups in total. The number of hydrogen-bond donors (Lipinski definition) is 1. The van der Waals surface area contributed by atoms with E-state index in [0.717, 1.165) is 39.8 Å². The van der Waals surface area contributed by atoms with Gasteiger partial charge in [0.15, 0.2) is 0 Å². The largest absolute Gasteiger partial charge is 0.496 e. The second-order valence-electron chi connectivity index (χ2n) is 10.2. The van der Waals surface area contributed by atoms with Gasteiger partial charge in [0.25, 0.3) is 0 Å². The van der Waals surface area contributed by atoms with Crippen molar-refractivity contribution in [2.45, 2.75) is 41.4 Å². The second-order valence-corrected chi connectivity index (χ2v) is 12.3. The number of carboxylic acids is 1. The summed E-state index contributed by atoms with van der Waals surface area (Å²) in [6.45, 7) is 0. The number of halogens is 1. The molecule has 4 aliphatic rings. The van der Waals surface area contributed by atoms with Gasteiger partial charge in [-0.15, -0.1) is 0 Å². The Morgan fingerprint density at radius 2 is 1.59 bits per heavy atom. The van der Waals surface area contributed by atoms with E-state index in [2.05, 4.69) is 52.9 Å². The van der Waals surface area contributed by atoms with Gasteiger partial charge in [-0.05, 0) is 108 Å². The molecule has 32 heavy (non-hydrogen) atoms. The van der Waals surface area contributed by atoms with Gasteiger partial charge in [-0.1, -0.05) is 46.9 Å². The molecule has 4 heteroatoms. The van der Waals surface area contributed by atoms with Crippen molar-refractivity contribution in [1.82, 2.24) is 0 Å². The number of ether oxygens (including phenoxy) is 1. The Morgan fingerprint density at radius 1 is 0.938 bits per heavy atom. The smallest absolute Gasteiger partial charge is 0.335 e. The summed E-state index contributed by atoms with van der Waals surface area (Å²) in [6, 6.07) is 18.3. The lowest BCUT2D eigenvalue weighted by atomic mass is 9.50. The van der Waals surface area contributed by atoms with Crippen LogP contribution < -0.4 is 4.74 Å². The van der Waals surface area contributed by atoms with Crippen LogP contribution in [0.25, 0.3) is 21.9 Å². The zero-order chi connectivity index (χ0) is 22.0. The number of methoxy groups -OCH3 is 1. The molecule has 3 unspecified atom stereocenters. The molecule has 0 heterocycles. The third-order valence-corrected chi connectivity index (χ3v) is 9.76. The van der Waals surface area contributed by atoms with Crippen molar-refractivity contribution >= 4 is 39.3 Å². The highest BCUT2D eigenvalue weighted by atomic mass is 127. The number of alkyl halides is 1. The van der Waals surface area contributed by atoms with Crippen LogP contribution in [-0.2, 0) is 0 Å². The molecular weight excluding hydrogens is 511 g/mol. The molecule has 0 aromatic heterocycles. The van der Waals surface area contributed by atoms with Crippen molar-refractivity contribution in [2.75, 3.05) is 7.11 Å². The predicted molar refractivity (Wildman–Crippen MR) is 136 cm³/mol. The van der Waals surface area contributed by atoms with Crippen molar-refractivity contribution in [3.05, 3.63) is 65.7 Å². The summed E-state index contributed by atoms with van der Waals surface area (Å²) in [6.07, 6.45) is 6.90. The molecule has 0 spiro atoms. The summed E-state index contributed by atoms with van der Waals surface area (Å²) in [5, 5.41) is 11.3. The number of carboxylic acid groups (broad SMARTS) is 1. The molecule has 0 aliphatic heterocycles. The number of hydrogen-bond acceptors (Lipinski definition) is 2. The van der Waals surface area contributed by atoms with Gasteiger partial charge in [0.1, 0.15) is 5.75 Å². The van der Waals surface area contributed by atoms with Gasteiger partial charge in [-0.2, -0.15) is 0 Å². The maximum atomic E-state index is 11.3. The molecule has 0 radical (unpaired) electrons. The molecule has 4 fully saturated rings. The first-order chi connectivity index (χ1) is 15.4. The number of rotatable bonds is 4. The van der Waals surface area contributed by atoms with Crippen LogP contribution >= 0.6 is 22.6 Å². The normalized spacial score (nSPS) is 30.6. The highest BCUT2D eigenvalue weighted by Gasteiger charge is 2.56. The van der Waals surface area contributed by atoms with Gasteiger partial charge >= 0.3 is 5.97 Å². The van der Waals surface area contributed by atoms with Gasteiger partial charge in [0.05, 0.1) is 12.7 Å². The van der Waals surface area contributed by atoms with Crippen LogP contribution in [0.4, 0.5) is 0 Å². The predicted octanol–water partition coefficient (Wildman–Crippen LogP) is 7.31. The van der Waals surface area contributed by atoms with E-state index in [1.165, 1.54) is 43.2 Å². The zero-order valence-electron chi connectivity index (χ0n) is 18.2. The fraction of sp³-hybridized carbons (Fsp3) is 0.393. The maximum absolute atomic E-state index is 11.3. The molecular formula is C28H27IO3. The lowest BCUT2D eigenvalue weighted by Crippen LogP contribution is -2.52. The second kappa shape index (κ2) is 7.47. The van der Waals surface area contributed by atoms with E-state index >= 15 is 0 Å². The number of fused-ring (bicyclic) bond motifs is 1. The van der Waals surface area contributed by atoms with Crippen molar-refractivity contribution in [2.24, 2.45) is 17.8 Å². The van der Waals surface area contributed by atoms with Gasteiger partial charge in [0.2, 0.25) is 0 Å². The van der Waals surface area contributed by atoms with Gasteiger partial charge in [-0.25, -0.2) is 4.79 Å². The highest BCUT2D eigenvalue weighted by molar-refractivity contribution is 14.1. The van der Waals surface area contributed by atoms with E-state index in [4.69, 9.17) is 4.74 Å². The fourth-order valence-electron chi connectivity index (χ4n) is 7.19. The van der Waals surface area contributed by atoms with Gasteiger partial charge in [0, 0.05) is 9.34 Å². The summed E-state index contributed by atoms with van der Waals surface area (Å²) < 4.78 is 6.24. The van der Waals surface area contributed by atoms with E-state index in [0.29, 0.717) is 14.9 Å². The average molecular weight is 538 g/mol. The first-order valence-electron chi connectivity index (χ1n) is 11.6. The lowest BCUT2D eigenvalue weighted by molar-refractivity contribution is 0.0232. The molecule has 3 aromatic carbocycles. The molecule has 164 valence electrons. The standard InChI is InChI=1S/C28H27IO3/c1-32-25-7-6-21(19-2-3-20-12-22(27(30)31)5-4-18(20)11-19)13-24(25)26-23-9-16-8-17(10-23)15-28(26,29)14-16/h2-7,11-13,16-17,23,26H,8-10,14-15H2,1H3,(H,30,31). The number of benzene rings is 3. The minimum absolute atomic E-state index is 0.325. The van der Waals surface area contributed by atoms with E-state index in [1.807, 2.05) is 12.1 Å². The first-order valence-corrected chi connectivity index (χ1v) is 12.7. The van der Waals surface area contributed by atoms with E-state index < -0.39 is 5.97 Å². The Labute approximate surface area is 202 Å². The fourth-order valence-corrected chi connectivity index (χ4v) is 9.28. The van der Waals surface area contributed by atoms with Crippen LogP contribution in [0.3, 0.4) is 0 Å². The molecule has 0 saturated heterocycles. The van der Waals surface area contributed by atoms with Crippen LogP contribution in [0.1, 0.15) is 53.9 Å². The molecule has 3 atom stereocenters. The van der Waals surface area contributed by atoms with Crippen LogP contribution in [0.15, 0.2) is 54.6 Å². The van der Waals surface area contributed by atoms with E-state index in [9.17, 15) is 9.90 Å². The van der Waals surface area contributed by atoms with Crippen LogP contribution in [-0.4, -0.2) is 21.6 Å². The Balaban J connectivity index is 1.42. The summed E-state index contributed by atoms with van der Waals surface area (Å²) in [5.74, 6) is 3.31. The average Bonchev–Trinajstić information content (AvgIpc) is 2.77. The van der Waals surface area contributed by atoms with Gasteiger partial charge in [-0.3, -0.25) is 0 Å². The Hall–Kier alpha value is -2.08. The zero-order valence-corrected chi connectivity index (χ0v) is 20.3. The van der Waals surface area contributed by atoms with Crippen LogP contribution in [0, 0.1) is 17.8 Å². The first kappa shape index (κ1) is 20.5. The summed E-state index contributed by atoms with van der Waals surface area (Å²) in [4.78, 5) is 11.3. The maximum Gasteiger partial charge on any atom is 0.335 e. The van der Waals surface area contributed by atoms with Crippen molar-refractivity contribution < 1.29 is 14.6 Å². The SMILES string of the molecule is COc1ccc(-c2ccc3cc(C(=O)O)ccc3c2)cc1C1C2CC3CC(C2)CC1(I)C3.